The highest BCUT2D eigenvalue weighted by atomic mass is 16.2. The summed E-state index contributed by atoms with van der Waals surface area (Å²) in [7, 11) is 0. The summed E-state index contributed by atoms with van der Waals surface area (Å²) in [6.45, 7) is 7.82. The van der Waals surface area contributed by atoms with Crippen molar-refractivity contribution in [2.45, 2.75) is 27.2 Å². The molecule has 21 heavy (non-hydrogen) atoms. The lowest BCUT2D eigenvalue weighted by Crippen LogP contribution is -2.42. The molecule has 1 aromatic rings. The maximum atomic E-state index is 12.6. The average molecular weight is 291 g/mol. The molecule has 4 N–H and O–H groups in total. The first-order valence-corrected chi connectivity index (χ1v) is 7.20. The number of hydrogen-bond donors (Lipinski definition) is 2. The number of nitrogens with two attached hydrogens (primary N) is 2. The van der Waals surface area contributed by atoms with E-state index in [9.17, 15) is 9.59 Å². The number of carbonyl (C=O) groups excluding carboxylic acids is 2. The van der Waals surface area contributed by atoms with E-state index in [4.69, 9.17) is 11.5 Å². The van der Waals surface area contributed by atoms with Crippen molar-refractivity contribution in [3.8, 4) is 0 Å². The largest absolute Gasteiger partial charge is 0.366 e. The van der Waals surface area contributed by atoms with Crippen LogP contribution in [0.4, 0.5) is 0 Å². The molecule has 5 heteroatoms. The second kappa shape index (κ2) is 7.22. The summed E-state index contributed by atoms with van der Waals surface area (Å²) in [4.78, 5) is 25.6. The molecule has 0 heterocycles. The molecule has 0 aliphatic carbocycles. The topological polar surface area (TPSA) is 89.4 Å². The van der Waals surface area contributed by atoms with Gasteiger partial charge in [-0.05, 0) is 36.6 Å². The van der Waals surface area contributed by atoms with Gasteiger partial charge >= 0.3 is 0 Å². The van der Waals surface area contributed by atoms with Crippen molar-refractivity contribution >= 4 is 11.8 Å². The van der Waals surface area contributed by atoms with Crippen LogP contribution in [-0.4, -0.2) is 36.3 Å². The summed E-state index contributed by atoms with van der Waals surface area (Å²) in [6, 6.07) is 6.52. The predicted molar refractivity (Wildman–Crippen MR) is 84.0 cm³/mol. The molecule has 0 aliphatic rings. The summed E-state index contributed by atoms with van der Waals surface area (Å²) in [5.41, 5.74) is 11.7. The van der Waals surface area contributed by atoms with Crippen molar-refractivity contribution in [1.82, 2.24) is 4.90 Å². The van der Waals surface area contributed by atoms with Crippen LogP contribution in [0.3, 0.4) is 0 Å². The highest BCUT2D eigenvalue weighted by Gasteiger charge is 2.24. The molecule has 0 spiro atoms. The van der Waals surface area contributed by atoms with Gasteiger partial charge in [-0.25, -0.2) is 0 Å². The Labute approximate surface area is 126 Å². The molecule has 2 amide bonds. The number of benzene rings is 1. The predicted octanol–water partition coefficient (Wildman–Crippen LogP) is 1.62. The van der Waals surface area contributed by atoms with Crippen LogP contribution in [0.25, 0.3) is 0 Å². The monoisotopic (exact) mass is 291 g/mol. The summed E-state index contributed by atoms with van der Waals surface area (Å²) in [6.07, 6.45) is 0.863. The Bertz CT molecular complexity index is 512. The molecule has 0 radical (unpaired) electrons. The zero-order valence-electron chi connectivity index (χ0n) is 13.1. The minimum absolute atomic E-state index is 0.0959. The number of nitrogens with zero attached hydrogens (tertiary/aromatic N) is 1. The fourth-order valence-electron chi connectivity index (χ4n) is 2.09. The van der Waals surface area contributed by atoms with E-state index in [2.05, 4.69) is 0 Å². The Balaban J connectivity index is 3.00. The molecule has 0 aliphatic heterocycles. The molecular weight excluding hydrogens is 266 g/mol. The van der Waals surface area contributed by atoms with E-state index in [1.54, 1.807) is 29.2 Å². The fourth-order valence-corrected chi connectivity index (χ4v) is 2.09. The van der Waals surface area contributed by atoms with Gasteiger partial charge in [-0.3, -0.25) is 9.59 Å². The van der Waals surface area contributed by atoms with E-state index in [1.165, 1.54) is 0 Å². The summed E-state index contributed by atoms with van der Waals surface area (Å²) in [5, 5.41) is 0. The van der Waals surface area contributed by atoms with Gasteiger partial charge in [-0.2, -0.15) is 0 Å². The third kappa shape index (κ3) is 4.86. The van der Waals surface area contributed by atoms with Crippen molar-refractivity contribution in [3.05, 3.63) is 35.4 Å². The summed E-state index contributed by atoms with van der Waals surface area (Å²) < 4.78 is 0. The van der Waals surface area contributed by atoms with Crippen molar-refractivity contribution in [3.63, 3.8) is 0 Å². The quantitative estimate of drug-likeness (QED) is 0.800. The second-order valence-electron chi connectivity index (χ2n) is 6.04. The lowest BCUT2D eigenvalue weighted by molar-refractivity contribution is 0.0689. The maximum Gasteiger partial charge on any atom is 0.253 e. The molecule has 0 unspecified atom stereocenters. The summed E-state index contributed by atoms with van der Waals surface area (Å²) >= 11 is 0. The van der Waals surface area contributed by atoms with Crippen LogP contribution in [0.15, 0.2) is 24.3 Å². The Hall–Kier alpha value is -1.88. The van der Waals surface area contributed by atoms with Crippen LogP contribution in [0.2, 0.25) is 0 Å². The first-order chi connectivity index (χ1) is 9.80. The van der Waals surface area contributed by atoms with Gasteiger partial charge in [0, 0.05) is 24.2 Å². The van der Waals surface area contributed by atoms with Crippen molar-refractivity contribution in [2.75, 3.05) is 19.6 Å². The van der Waals surface area contributed by atoms with E-state index >= 15 is 0 Å². The Morgan fingerprint density at radius 3 is 2.38 bits per heavy atom. The third-order valence-electron chi connectivity index (χ3n) is 3.35. The van der Waals surface area contributed by atoms with Gasteiger partial charge in [0.25, 0.3) is 5.91 Å². The Kier molecular flexibility index (Phi) is 5.90. The van der Waals surface area contributed by atoms with Gasteiger partial charge in [0.05, 0.1) is 0 Å². The van der Waals surface area contributed by atoms with E-state index in [-0.39, 0.29) is 11.3 Å². The number of carbonyl (C=O) groups is 2. The lowest BCUT2D eigenvalue weighted by atomic mass is 9.92. The van der Waals surface area contributed by atoms with Crippen LogP contribution < -0.4 is 11.5 Å². The number of hydrogen-bond acceptors (Lipinski definition) is 3. The van der Waals surface area contributed by atoms with Crippen LogP contribution in [0.1, 0.15) is 47.9 Å². The van der Waals surface area contributed by atoms with Crippen LogP contribution in [0, 0.1) is 5.41 Å². The lowest BCUT2D eigenvalue weighted by Gasteiger charge is -2.31. The minimum atomic E-state index is -0.533. The van der Waals surface area contributed by atoms with Crippen LogP contribution >= 0.6 is 0 Å². The van der Waals surface area contributed by atoms with Gasteiger partial charge < -0.3 is 16.4 Å². The number of primary amides is 1. The zero-order chi connectivity index (χ0) is 16.0. The Morgan fingerprint density at radius 1 is 1.24 bits per heavy atom. The van der Waals surface area contributed by atoms with Gasteiger partial charge in [-0.15, -0.1) is 0 Å². The van der Waals surface area contributed by atoms with Crippen molar-refractivity contribution in [2.24, 2.45) is 16.9 Å². The van der Waals surface area contributed by atoms with Crippen molar-refractivity contribution < 1.29 is 9.59 Å². The van der Waals surface area contributed by atoms with Crippen LogP contribution in [0.5, 0.6) is 0 Å². The van der Waals surface area contributed by atoms with Crippen LogP contribution in [-0.2, 0) is 0 Å². The molecular formula is C16H25N3O2. The molecule has 1 rings (SSSR count). The normalized spacial score (nSPS) is 11.2. The van der Waals surface area contributed by atoms with Gasteiger partial charge in [0.2, 0.25) is 5.91 Å². The average Bonchev–Trinajstić information content (AvgIpc) is 2.46. The van der Waals surface area contributed by atoms with Gasteiger partial charge in [-0.1, -0.05) is 26.8 Å². The highest BCUT2D eigenvalue weighted by molar-refractivity contribution is 5.99. The van der Waals surface area contributed by atoms with E-state index in [1.807, 2.05) is 20.8 Å². The Morgan fingerprint density at radius 2 is 1.86 bits per heavy atom. The fraction of sp³-hybridized carbons (Fsp3) is 0.500. The third-order valence-corrected chi connectivity index (χ3v) is 3.35. The maximum absolute atomic E-state index is 12.6. The molecule has 0 bridgehead atoms. The smallest absolute Gasteiger partial charge is 0.253 e. The molecule has 0 aromatic heterocycles. The van der Waals surface area contributed by atoms with E-state index in [0.717, 1.165) is 6.42 Å². The van der Waals surface area contributed by atoms with E-state index in [0.29, 0.717) is 30.8 Å². The molecule has 0 saturated carbocycles. The molecule has 116 valence electrons. The molecule has 5 nitrogen and oxygen atoms in total. The minimum Gasteiger partial charge on any atom is -0.366 e. The van der Waals surface area contributed by atoms with Crippen molar-refractivity contribution in [1.29, 1.82) is 0 Å². The van der Waals surface area contributed by atoms with E-state index < -0.39 is 5.91 Å². The standard InChI is InChI=1S/C16H25N3O2/c1-4-8-19(11-16(2,3)10-17)15(21)13-7-5-6-12(9-13)14(18)20/h5-7,9H,4,8,10-11,17H2,1-3H3,(H2,18,20). The second-order valence-corrected chi connectivity index (χ2v) is 6.04. The molecule has 0 saturated heterocycles. The number of rotatable bonds is 7. The molecule has 0 fully saturated rings. The first-order valence-electron chi connectivity index (χ1n) is 7.20. The first kappa shape index (κ1) is 17.2. The number of amides is 2. The summed E-state index contributed by atoms with van der Waals surface area (Å²) in [5.74, 6) is -0.629. The van der Waals surface area contributed by atoms with Gasteiger partial charge in [0.15, 0.2) is 0 Å². The molecule has 1 aromatic carbocycles. The zero-order valence-corrected chi connectivity index (χ0v) is 13.1. The highest BCUT2D eigenvalue weighted by Crippen LogP contribution is 2.18. The van der Waals surface area contributed by atoms with Gasteiger partial charge in [0.1, 0.15) is 0 Å². The SMILES string of the molecule is CCCN(CC(C)(C)CN)C(=O)c1cccc(C(N)=O)c1. The molecule has 0 atom stereocenters.